The number of pyridine rings is 2. The molecule has 3 aromatic heterocycles. The Kier molecular flexibility index (Phi) is 6.21. The maximum absolute atomic E-state index is 6.52. The minimum atomic E-state index is -0.150. The molecule has 4 aromatic rings. The molecule has 5 rings (SSSR count). The number of aromatic nitrogens is 3. The Morgan fingerprint density at radius 2 is 1.80 bits per heavy atom. The number of nitrogens with one attached hydrogen (secondary N) is 1. The van der Waals surface area contributed by atoms with Gasteiger partial charge in [-0.2, -0.15) is 0 Å². The van der Waals surface area contributed by atoms with Crippen LogP contribution in [0.15, 0.2) is 67.0 Å². The predicted octanol–water partition coefficient (Wildman–Crippen LogP) is 6.03. The van der Waals surface area contributed by atoms with E-state index in [1.807, 2.05) is 54.9 Å². The molecule has 2 atom stereocenters. The van der Waals surface area contributed by atoms with Crippen LogP contribution in [0.5, 0.6) is 5.75 Å². The molecule has 1 fully saturated rings. The molecule has 4 heterocycles. The van der Waals surface area contributed by atoms with E-state index in [9.17, 15) is 0 Å². The standard InChI is InChI=1S/C27H26ClN5OS/c1-16-8-7-13-30-26(16)32-17(2)14-20(18(32)3)25-24(22-9-5-6-12-29-22)31-27(35)33(25)19-10-11-23(34-4)21(28)15-19/h5-15,24-25H,1-4H3,(H,31,35)/t24-,25+/m1/s1. The topological polar surface area (TPSA) is 55.2 Å². The average molecular weight is 504 g/mol. The van der Waals surface area contributed by atoms with Crippen LogP contribution in [-0.2, 0) is 0 Å². The summed E-state index contributed by atoms with van der Waals surface area (Å²) in [7, 11) is 1.61. The number of rotatable bonds is 5. The van der Waals surface area contributed by atoms with Gasteiger partial charge in [-0.1, -0.05) is 23.7 Å². The summed E-state index contributed by atoms with van der Waals surface area (Å²) >= 11 is 12.4. The van der Waals surface area contributed by atoms with Gasteiger partial charge in [-0.05, 0) is 86.6 Å². The number of ether oxygens (including phenoxy) is 1. The van der Waals surface area contributed by atoms with Crippen LogP contribution in [0.25, 0.3) is 5.82 Å². The molecule has 1 aliphatic heterocycles. The van der Waals surface area contributed by atoms with E-state index in [2.05, 4.69) is 57.7 Å². The summed E-state index contributed by atoms with van der Waals surface area (Å²) in [5, 5.41) is 4.66. The summed E-state index contributed by atoms with van der Waals surface area (Å²) in [5.41, 5.74) is 6.26. The van der Waals surface area contributed by atoms with Crippen LogP contribution in [0.4, 0.5) is 5.69 Å². The molecule has 1 aromatic carbocycles. The lowest BCUT2D eigenvalue weighted by molar-refractivity contribution is 0.415. The van der Waals surface area contributed by atoms with Crippen molar-refractivity contribution >= 4 is 34.6 Å². The van der Waals surface area contributed by atoms with E-state index in [1.54, 1.807) is 7.11 Å². The molecule has 35 heavy (non-hydrogen) atoms. The van der Waals surface area contributed by atoms with Gasteiger partial charge in [0.15, 0.2) is 5.11 Å². The van der Waals surface area contributed by atoms with Crippen molar-refractivity contribution in [3.8, 4) is 11.6 Å². The van der Waals surface area contributed by atoms with E-state index < -0.39 is 0 Å². The molecule has 0 saturated carbocycles. The zero-order valence-electron chi connectivity index (χ0n) is 20.0. The molecule has 0 spiro atoms. The first-order chi connectivity index (χ1) is 16.9. The van der Waals surface area contributed by atoms with Crippen LogP contribution < -0.4 is 15.0 Å². The smallest absolute Gasteiger partial charge is 0.174 e. The molecule has 8 heteroatoms. The molecule has 178 valence electrons. The highest BCUT2D eigenvalue weighted by Crippen LogP contribution is 2.44. The zero-order chi connectivity index (χ0) is 24.7. The lowest BCUT2D eigenvalue weighted by atomic mass is 9.96. The van der Waals surface area contributed by atoms with Crippen molar-refractivity contribution in [1.29, 1.82) is 0 Å². The van der Waals surface area contributed by atoms with Crippen LogP contribution in [0, 0.1) is 20.8 Å². The van der Waals surface area contributed by atoms with Gasteiger partial charge in [0.2, 0.25) is 0 Å². The highest BCUT2D eigenvalue weighted by Gasteiger charge is 2.42. The average Bonchev–Trinajstić information content (AvgIpc) is 3.35. The maximum atomic E-state index is 6.52. The van der Waals surface area contributed by atoms with E-state index >= 15 is 0 Å². The van der Waals surface area contributed by atoms with Gasteiger partial charge in [-0.3, -0.25) is 4.98 Å². The summed E-state index contributed by atoms with van der Waals surface area (Å²) in [6.07, 6.45) is 3.64. The Morgan fingerprint density at radius 3 is 2.49 bits per heavy atom. The van der Waals surface area contributed by atoms with Crippen molar-refractivity contribution in [3.63, 3.8) is 0 Å². The molecule has 1 saturated heterocycles. The summed E-state index contributed by atoms with van der Waals surface area (Å²) in [6.45, 7) is 6.32. The Bertz CT molecular complexity index is 1400. The number of methoxy groups -OCH3 is 1. The largest absolute Gasteiger partial charge is 0.495 e. The van der Waals surface area contributed by atoms with Crippen molar-refractivity contribution in [2.45, 2.75) is 32.9 Å². The third-order valence-corrected chi connectivity index (χ3v) is 7.10. The van der Waals surface area contributed by atoms with E-state index in [1.165, 1.54) is 0 Å². The number of halogens is 1. The Morgan fingerprint density at radius 1 is 1.00 bits per heavy atom. The van der Waals surface area contributed by atoms with Gasteiger partial charge < -0.3 is 19.5 Å². The van der Waals surface area contributed by atoms with Crippen LogP contribution in [-0.4, -0.2) is 26.8 Å². The van der Waals surface area contributed by atoms with Crippen molar-refractivity contribution in [2.24, 2.45) is 0 Å². The summed E-state index contributed by atoms with van der Waals surface area (Å²) in [6, 6.07) is 17.6. The second-order valence-electron chi connectivity index (χ2n) is 8.62. The molecule has 0 aliphatic carbocycles. The van der Waals surface area contributed by atoms with Gasteiger partial charge in [0.1, 0.15) is 11.6 Å². The van der Waals surface area contributed by atoms with Crippen LogP contribution in [0.3, 0.4) is 0 Å². The van der Waals surface area contributed by atoms with Crippen molar-refractivity contribution in [1.82, 2.24) is 19.9 Å². The number of thiocarbonyl (C=S) groups is 1. The quantitative estimate of drug-likeness (QED) is 0.335. The molecular weight excluding hydrogens is 478 g/mol. The first kappa shape index (κ1) is 23.3. The molecular formula is C27H26ClN5OS. The number of benzene rings is 1. The predicted molar refractivity (Wildman–Crippen MR) is 144 cm³/mol. The minimum absolute atomic E-state index is 0.147. The second kappa shape index (κ2) is 9.32. The Balaban J connectivity index is 1.69. The molecule has 0 unspecified atom stereocenters. The number of hydrogen-bond acceptors (Lipinski definition) is 4. The number of nitrogens with zero attached hydrogens (tertiary/aromatic N) is 4. The van der Waals surface area contributed by atoms with Gasteiger partial charge >= 0.3 is 0 Å². The minimum Gasteiger partial charge on any atom is -0.495 e. The highest BCUT2D eigenvalue weighted by atomic mass is 35.5. The number of aryl methyl sites for hydroxylation is 2. The number of anilines is 1. The van der Waals surface area contributed by atoms with Crippen molar-refractivity contribution < 1.29 is 4.74 Å². The number of hydrogen-bond donors (Lipinski definition) is 1. The van der Waals surface area contributed by atoms with E-state index in [-0.39, 0.29) is 12.1 Å². The summed E-state index contributed by atoms with van der Waals surface area (Å²) < 4.78 is 7.58. The Hall–Kier alpha value is -3.42. The molecule has 0 bridgehead atoms. The molecule has 1 N–H and O–H groups in total. The van der Waals surface area contributed by atoms with Crippen LogP contribution in [0.1, 0.15) is 40.3 Å². The fraction of sp³-hybridized carbons (Fsp3) is 0.222. The summed E-state index contributed by atoms with van der Waals surface area (Å²) in [4.78, 5) is 11.5. The Labute approximate surface area is 215 Å². The van der Waals surface area contributed by atoms with E-state index in [0.29, 0.717) is 15.9 Å². The molecule has 1 aliphatic rings. The lowest BCUT2D eigenvalue weighted by Crippen LogP contribution is -2.29. The third-order valence-electron chi connectivity index (χ3n) is 6.49. The van der Waals surface area contributed by atoms with Gasteiger partial charge in [0.05, 0.1) is 29.9 Å². The molecule has 0 radical (unpaired) electrons. The van der Waals surface area contributed by atoms with Gasteiger partial charge in [-0.15, -0.1) is 0 Å². The summed E-state index contributed by atoms with van der Waals surface area (Å²) in [5.74, 6) is 1.55. The van der Waals surface area contributed by atoms with E-state index in [0.717, 1.165) is 39.7 Å². The lowest BCUT2D eigenvalue weighted by Gasteiger charge is -2.28. The molecule has 0 amide bonds. The van der Waals surface area contributed by atoms with Gasteiger partial charge in [0.25, 0.3) is 0 Å². The first-order valence-corrected chi connectivity index (χ1v) is 12.1. The third kappa shape index (κ3) is 4.05. The maximum Gasteiger partial charge on any atom is 0.174 e. The van der Waals surface area contributed by atoms with Crippen molar-refractivity contribution in [3.05, 3.63) is 100 Å². The monoisotopic (exact) mass is 503 g/mol. The highest BCUT2D eigenvalue weighted by molar-refractivity contribution is 7.80. The van der Waals surface area contributed by atoms with Gasteiger partial charge in [0, 0.05) is 29.5 Å². The normalized spacial score (nSPS) is 17.5. The SMILES string of the molecule is COc1ccc(N2C(=S)N[C@H](c3ccccn3)[C@@H]2c2cc(C)n(-c3ncccc3C)c2C)cc1Cl. The van der Waals surface area contributed by atoms with Crippen LogP contribution in [0.2, 0.25) is 5.02 Å². The second-order valence-corrected chi connectivity index (χ2v) is 9.42. The zero-order valence-corrected chi connectivity index (χ0v) is 21.6. The molecule has 6 nitrogen and oxygen atoms in total. The first-order valence-electron chi connectivity index (χ1n) is 11.4. The van der Waals surface area contributed by atoms with Crippen molar-refractivity contribution in [2.75, 3.05) is 12.0 Å². The van der Waals surface area contributed by atoms with Crippen LogP contribution >= 0.6 is 23.8 Å². The fourth-order valence-electron chi connectivity index (χ4n) is 4.88. The van der Waals surface area contributed by atoms with E-state index in [4.69, 9.17) is 28.6 Å². The fourth-order valence-corrected chi connectivity index (χ4v) is 5.48. The van der Waals surface area contributed by atoms with Gasteiger partial charge in [-0.25, -0.2) is 4.98 Å².